The molecule has 2 rings (SSSR count). The van der Waals surface area contributed by atoms with E-state index in [-0.39, 0.29) is 5.69 Å². The molecule has 0 saturated carbocycles. The van der Waals surface area contributed by atoms with Crippen LogP contribution in [0.25, 0.3) is 0 Å². The Morgan fingerprint density at radius 1 is 1.45 bits per heavy atom. The molecule has 1 aromatic carbocycles. The zero-order chi connectivity index (χ0) is 14.5. The van der Waals surface area contributed by atoms with Crippen molar-refractivity contribution in [2.24, 2.45) is 0 Å². The molecule has 0 atom stereocenters. The van der Waals surface area contributed by atoms with Crippen LogP contribution in [-0.4, -0.2) is 9.91 Å². The van der Waals surface area contributed by atoms with E-state index in [4.69, 9.17) is 4.42 Å². The van der Waals surface area contributed by atoms with Gasteiger partial charge >= 0.3 is 0 Å². The van der Waals surface area contributed by atoms with Crippen LogP contribution in [0.5, 0.6) is 0 Å². The molecule has 0 saturated heterocycles. The Morgan fingerprint density at radius 3 is 2.85 bits per heavy atom. The number of oxazole rings is 1. The highest BCUT2D eigenvalue weighted by Crippen LogP contribution is 2.22. The monoisotopic (exact) mass is 339 g/mol. The van der Waals surface area contributed by atoms with Crippen LogP contribution in [0.1, 0.15) is 24.1 Å². The number of aromatic nitrogens is 1. The van der Waals surface area contributed by atoms with Crippen LogP contribution in [0.4, 0.5) is 5.69 Å². The third-order valence-corrected chi connectivity index (χ3v) is 3.53. The van der Waals surface area contributed by atoms with Crippen molar-refractivity contribution in [3.8, 4) is 0 Å². The summed E-state index contributed by atoms with van der Waals surface area (Å²) in [4.78, 5) is 14.4. The van der Waals surface area contributed by atoms with E-state index in [2.05, 4.69) is 26.2 Å². The van der Waals surface area contributed by atoms with Gasteiger partial charge in [-0.3, -0.25) is 10.1 Å². The maximum Gasteiger partial charge on any atom is 0.270 e. The van der Waals surface area contributed by atoms with Gasteiger partial charge in [-0.2, -0.15) is 0 Å². The summed E-state index contributed by atoms with van der Waals surface area (Å²) < 4.78 is 6.19. The van der Waals surface area contributed by atoms with Crippen LogP contribution in [0, 0.1) is 10.1 Å². The van der Waals surface area contributed by atoms with Crippen LogP contribution in [0.3, 0.4) is 0 Å². The van der Waals surface area contributed by atoms with Gasteiger partial charge in [0.15, 0.2) is 0 Å². The molecule has 0 aliphatic carbocycles. The molecule has 1 heterocycles. The molecular weight excluding hydrogens is 326 g/mol. The van der Waals surface area contributed by atoms with E-state index < -0.39 is 4.92 Å². The minimum Gasteiger partial charge on any atom is -0.444 e. The largest absolute Gasteiger partial charge is 0.444 e. The summed E-state index contributed by atoms with van der Waals surface area (Å²) in [6.07, 6.45) is 2.54. The number of aryl methyl sites for hydroxylation is 1. The van der Waals surface area contributed by atoms with E-state index in [1.54, 1.807) is 12.3 Å². The molecule has 0 spiro atoms. The molecule has 7 heteroatoms. The Hall–Kier alpha value is -1.73. The molecule has 0 bridgehead atoms. The molecule has 0 radical (unpaired) electrons. The smallest absolute Gasteiger partial charge is 0.270 e. The van der Waals surface area contributed by atoms with Crippen LogP contribution in [0.2, 0.25) is 0 Å². The number of nitro benzene ring substituents is 1. The van der Waals surface area contributed by atoms with Crippen molar-refractivity contribution in [2.75, 3.05) is 0 Å². The topological polar surface area (TPSA) is 81.2 Å². The van der Waals surface area contributed by atoms with Crippen molar-refractivity contribution in [3.05, 3.63) is 56.2 Å². The summed E-state index contributed by atoms with van der Waals surface area (Å²) in [5.74, 6) is 1.50. The highest BCUT2D eigenvalue weighted by molar-refractivity contribution is 9.10. The lowest BCUT2D eigenvalue weighted by Gasteiger charge is -2.05. The van der Waals surface area contributed by atoms with Crippen molar-refractivity contribution in [1.29, 1.82) is 0 Å². The van der Waals surface area contributed by atoms with Crippen molar-refractivity contribution in [3.63, 3.8) is 0 Å². The zero-order valence-corrected chi connectivity index (χ0v) is 12.5. The van der Waals surface area contributed by atoms with Gasteiger partial charge in [0.25, 0.3) is 5.69 Å². The summed E-state index contributed by atoms with van der Waals surface area (Å²) in [5, 5.41) is 13.8. The van der Waals surface area contributed by atoms with Gasteiger partial charge in [-0.05, 0) is 11.6 Å². The third-order valence-electron chi connectivity index (χ3n) is 2.79. The fourth-order valence-corrected chi connectivity index (χ4v) is 2.20. The summed E-state index contributed by atoms with van der Waals surface area (Å²) in [7, 11) is 0. The summed E-state index contributed by atoms with van der Waals surface area (Å²) in [6, 6.07) is 4.71. The van der Waals surface area contributed by atoms with Crippen molar-refractivity contribution in [2.45, 2.75) is 26.4 Å². The van der Waals surface area contributed by atoms with Crippen LogP contribution < -0.4 is 5.32 Å². The number of hydrogen-bond donors (Lipinski definition) is 1. The van der Waals surface area contributed by atoms with Crippen molar-refractivity contribution >= 4 is 21.6 Å². The van der Waals surface area contributed by atoms with E-state index in [1.165, 1.54) is 12.1 Å². The number of nitro groups is 1. The number of non-ortho nitro benzene ring substituents is 1. The molecule has 0 fully saturated rings. The maximum absolute atomic E-state index is 10.6. The average molecular weight is 340 g/mol. The minimum absolute atomic E-state index is 0.0703. The molecule has 0 amide bonds. The average Bonchev–Trinajstić information content (AvgIpc) is 2.88. The fraction of sp³-hybridized carbons (Fsp3) is 0.308. The lowest BCUT2D eigenvalue weighted by molar-refractivity contribution is -0.384. The van der Waals surface area contributed by atoms with Crippen molar-refractivity contribution < 1.29 is 9.34 Å². The predicted octanol–water partition coefficient (Wildman–Crippen LogP) is 3.20. The number of benzene rings is 1. The first-order chi connectivity index (χ1) is 9.60. The molecule has 0 unspecified atom stereocenters. The normalized spacial score (nSPS) is 10.7. The molecule has 6 nitrogen and oxygen atoms in total. The van der Waals surface area contributed by atoms with Gasteiger partial charge < -0.3 is 9.73 Å². The Bertz CT molecular complexity index is 613. The van der Waals surface area contributed by atoms with Gasteiger partial charge in [-0.1, -0.05) is 22.9 Å². The van der Waals surface area contributed by atoms with E-state index >= 15 is 0 Å². The second-order valence-electron chi connectivity index (χ2n) is 4.21. The van der Waals surface area contributed by atoms with Gasteiger partial charge in [-0.25, -0.2) is 4.98 Å². The van der Waals surface area contributed by atoms with E-state index in [1.807, 2.05) is 6.92 Å². The van der Waals surface area contributed by atoms with E-state index in [9.17, 15) is 10.1 Å². The second-order valence-corrected chi connectivity index (χ2v) is 5.06. The number of halogens is 1. The summed E-state index contributed by atoms with van der Waals surface area (Å²) >= 11 is 3.33. The first-order valence-corrected chi connectivity index (χ1v) is 6.96. The first-order valence-electron chi connectivity index (χ1n) is 6.17. The molecule has 0 aliphatic rings. The van der Waals surface area contributed by atoms with Crippen LogP contribution in [0.15, 0.2) is 33.3 Å². The SMILES string of the molecule is CCc1cnc(CNCc2ccc([N+](=O)[O-])cc2Br)o1. The predicted molar refractivity (Wildman–Crippen MR) is 77.2 cm³/mol. The van der Waals surface area contributed by atoms with Crippen LogP contribution in [-0.2, 0) is 19.5 Å². The van der Waals surface area contributed by atoms with E-state index in [0.29, 0.717) is 23.5 Å². The van der Waals surface area contributed by atoms with Crippen molar-refractivity contribution in [1.82, 2.24) is 10.3 Å². The quantitative estimate of drug-likeness (QED) is 0.645. The highest BCUT2D eigenvalue weighted by Gasteiger charge is 2.09. The first kappa shape index (κ1) is 14.7. The minimum atomic E-state index is -0.416. The molecule has 1 aromatic heterocycles. The van der Waals surface area contributed by atoms with Gasteiger partial charge in [0, 0.05) is 29.6 Å². The molecule has 2 aromatic rings. The third kappa shape index (κ3) is 3.64. The van der Waals surface area contributed by atoms with E-state index in [0.717, 1.165) is 17.7 Å². The number of rotatable bonds is 6. The zero-order valence-electron chi connectivity index (χ0n) is 10.9. The van der Waals surface area contributed by atoms with Crippen LogP contribution >= 0.6 is 15.9 Å². The second kappa shape index (κ2) is 6.62. The van der Waals surface area contributed by atoms with Gasteiger partial charge in [0.05, 0.1) is 17.7 Å². The molecule has 1 N–H and O–H groups in total. The van der Waals surface area contributed by atoms with Gasteiger partial charge in [0.1, 0.15) is 5.76 Å². The lowest BCUT2D eigenvalue weighted by Crippen LogP contribution is -2.13. The standard InChI is InChI=1S/C13H14BrN3O3/c1-2-11-7-16-13(20-11)8-15-6-9-3-4-10(17(18)19)5-12(9)14/h3-5,7,15H,2,6,8H2,1H3. The van der Waals surface area contributed by atoms with Gasteiger partial charge in [0.2, 0.25) is 5.89 Å². The molecule has 106 valence electrons. The molecular formula is C13H14BrN3O3. The summed E-state index contributed by atoms with van der Waals surface area (Å²) in [6.45, 7) is 3.09. The number of hydrogen-bond acceptors (Lipinski definition) is 5. The lowest BCUT2D eigenvalue weighted by atomic mass is 10.2. The molecule has 0 aliphatic heterocycles. The Balaban J connectivity index is 1.92. The summed E-state index contributed by atoms with van der Waals surface area (Å²) in [5.41, 5.74) is 1.01. The van der Waals surface area contributed by atoms with Gasteiger partial charge in [-0.15, -0.1) is 0 Å². The number of nitrogens with zero attached hydrogens (tertiary/aromatic N) is 2. The Labute approximate surface area is 124 Å². The maximum atomic E-state index is 10.6. The Morgan fingerprint density at radius 2 is 2.25 bits per heavy atom. The number of nitrogens with one attached hydrogen (secondary N) is 1. The molecule has 20 heavy (non-hydrogen) atoms. The highest BCUT2D eigenvalue weighted by atomic mass is 79.9. The fourth-order valence-electron chi connectivity index (χ4n) is 1.69. The Kier molecular flexibility index (Phi) is 4.86.